The summed E-state index contributed by atoms with van der Waals surface area (Å²) in [6, 6.07) is 7.06. The largest absolute Gasteiger partial charge is 0.340 e. The molecule has 6 nitrogen and oxygen atoms in total. The molecule has 1 saturated heterocycles. The van der Waals surface area contributed by atoms with Crippen LogP contribution in [0.3, 0.4) is 0 Å². The fourth-order valence-electron chi connectivity index (χ4n) is 3.03. The lowest BCUT2D eigenvalue weighted by molar-refractivity contribution is -0.131. The Morgan fingerprint density at radius 2 is 1.77 bits per heavy atom. The third-order valence-electron chi connectivity index (χ3n) is 4.78. The van der Waals surface area contributed by atoms with Crippen molar-refractivity contribution in [3.63, 3.8) is 0 Å². The molecule has 0 bridgehead atoms. The van der Waals surface area contributed by atoms with Crippen LogP contribution >= 0.6 is 0 Å². The van der Waals surface area contributed by atoms with E-state index in [4.69, 9.17) is 0 Å². The van der Waals surface area contributed by atoms with E-state index in [1.807, 2.05) is 30.9 Å². The first-order valence-corrected chi connectivity index (χ1v) is 11.0. The molecule has 26 heavy (non-hydrogen) atoms. The van der Waals surface area contributed by atoms with Crippen LogP contribution < -0.4 is 5.32 Å². The van der Waals surface area contributed by atoms with Crippen LogP contribution in [-0.2, 0) is 21.2 Å². The molecule has 7 heteroatoms. The van der Waals surface area contributed by atoms with E-state index >= 15 is 0 Å². The molecular formula is C19H31N3O3S. The molecule has 1 aliphatic heterocycles. The zero-order chi connectivity index (χ0) is 19.0. The quantitative estimate of drug-likeness (QED) is 0.709. The first-order valence-electron chi connectivity index (χ1n) is 9.56. The number of piperazine rings is 1. The average Bonchev–Trinajstić information content (AvgIpc) is 2.68. The molecule has 0 aromatic heterocycles. The average molecular weight is 382 g/mol. The van der Waals surface area contributed by atoms with Crippen LogP contribution in [0.4, 0.5) is 0 Å². The second-order valence-electron chi connectivity index (χ2n) is 6.64. The Kier molecular flexibility index (Phi) is 8.06. The number of sulfonamides is 1. The van der Waals surface area contributed by atoms with Gasteiger partial charge in [-0.3, -0.25) is 4.79 Å². The highest BCUT2D eigenvalue weighted by Gasteiger charge is 2.25. The molecule has 0 unspecified atom stereocenters. The summed E-state index contributed by atoms with van der Waals surface area (Å²) < 4.78 is 27.5. The Morgan fingerprint density at radius 3 is 2.35 bits per heavy atom. The molecule has 1 amide bonds. The second kappa shape index (κ2) is 10.0. The van der Waals surface area contributed by atoms with Crippen LogP contribution in [0.25, 0.3) is 0 Å². The minimum atomic E-state index is -3.57. The lowest BCUT2D eigenvalue weighted by atomic mass is 10.2. The van der Waals surface area contributed by atoms with E-state index in [0.717, 1.165) is 37.9 Å². The summed E-state index contributed by atoms with van der Waals surface area (Å²) in [5, 5.41) is 3.22. The zero-order valence-electron chi connectivity index (χ0n) is 15.9. The van der Waals surface area contributed by atoms with Gasteiger partial charge < -0.3 is 10.2 Å². The highest BCUT2D eigenvalue weighted by molar-refractivity contribution is 7.89. The van der Waals surface area contributed by atoms with Gasteiger partial charge in [-0.1, -0.05) is 32.4 Å². The molecular weight excluding hydrogens is 350 g/mol. The predicted molar refractivity (Wildman–Crippen MR) is 104 cm³/mol. The molecule has 1 aromatic carbocycles. The summed E-state index contributed by atoms with van der Waals surface area (Å²) in [6.07, 6.45) is 2.80. The van der Waals surface area contributed by atoms with Gasteiger partial charge in [0.1, 0.15) is 0 Å². The number of nitrogens with one attached hydrogen (secondary N) is 1. The summed E-state index contributed by atoms with van der Waals surface area (Å²) in [5.41, 5.74) is 1.11. The maximum Gasteiger partial charge on any atom is 0.243 e. The highest BCUT2D eigenvalue weighted by Crippen LogP contribution is 2.18. The molecule has 1 fully saturated rings. The first kappa shape index (κ1) is 20.9. The molecule has 2 rings (SSSR count). The number of amides is 1. The Morgan fingerprint density at radius 1 is 1.12 bits per heavy atom. The lowest BCUT2D eigenvalue weighted by Crippen LogP contribution is -2.47. The number of unbranched alkanes of at least 4 members (excludes halogenated alkanes) is 1. The van der Waals surface area contributed by atoms with Crippen molar-refractivity contribution < 1.29 is 13.2 Å². The number of rotatable bonds is 9. The van der Waals surface area contributed by atoms with Gasteiger partial charge in [0.15, 0.2) is 0 Å². The van der Waals surface area contributed by atoms with Crippen molar-refractivity contribution in [3.05, 3.63) is 29.8 Å². The van der Waals surface area contributed by atoms with Crippen molar-refractivity contribution in [2.45, 2.75) is 44.4 Å². The topological polar surface area (TPSA) is 69.7 Å². The van der Waals surface area contributed by atoms with E-state index in [2.05, 4.69) is 5.32 Å². The van der Waals surface area contributed by atoms with Gasteiger partial charge in [0, 0.05) is 45.7 Å². The van der Waals surface area contributed by atoms with Gasteiger partial charge in [-0.15, -0.1) is 0 Å². The molecule has 1 aliphatic rings. The Balaban J connectivity index is 2.07. The van der Waals surface area contributed by atoms with E-state index in [1.165, 1.54) is 4.31 Å². The zero-order valence-corrected chi connectivity index (χ0v) is 16.7. The Hall–Kier alpha value is -1.44. The van der Waals surface area contributed by atoms with Gasteiger partial charge in [0.05, 0.1) is 4.90 Å². The van der Waals surface area contributed by atoms with Crippen LogP contribution in [0.2, 0.25) is 0 Å². The van der Waals surface area contributed by atoms with Crippen molar-refractivity contribution >= 4 is 15.9 Å². The number of aryl methyl sites for hydroxylation is 1. The fourth-order valence-corrected chi connectivity index (χ4v) is 4.50. The molecule has 0 spiro atoms. The Labute approximate surface area is 157 Å². The van der Waals surface area contributed by atoms with E-state index in [9.17, 15) is 13.2 Å². The number of carbonyl (C=O) groups is 1. The summed E-state index contributed by atoms with van der Waals surface area (Å²) >= 11 is 0. The molecule has 0 aliphatic carbocycles. The smallest absolute Gasteiger partial charge is 0.243 e. The summed E-state index contributed by atoms with van der Waals surface area (Å²) in [5.74, 6) is 0.0320. The first-order chi connectivity index (χ1) is 12.5. The minimum absolute atomic E-state index is 0.0320. The van der Waals surface area contributed by atoms with Crippen molar-refractivity contribution in [2.75, 3.05) is 39.3 Å². The highest BCUT2D eigenvalue weighted by atomic mass is 32.2. The molecule has 0 atom stereocenters. The summed E-state index contributed by atoms with van der Waals surface area (Å²) in [4.78, 5) is 14.5. The van der Waals surface area contributed by atoms with Crippen molar-refractivity contribution in [2.24, 2.45) is 0 Å². The Bertz CT molecular complexity index is 668. The van der Waals surface area contributed by atoms with Crippen LogP contribution in [0.15, 0.2) is 29.2 Å². The molecule has 1 N–H and O–H groups in total. The second-order valence-corrected chi connectivity index (χ2v) is 8.57. The molecule has 1 aromatic rings. The van der Waals surface area contributed by atoms with Crippen molar-refractivity contribution in [1.82, 2.24) is 14.5 Å². The van der Waals surface area contributed by atoms with E-state index in [1.54, 1.807) is 12.1 Å². The summed E-state index contributed by atoms with van der Waals surface area (Å²) in [7, 11) is -3.57. The molecule has 1 heterocycles. The van der Waals surface area contributed by atoms with Gasteiger partial charge in [-0.05, 0) is 30.5 Å². The minimum Gasteiger partial charge on any atom is -0.340 e. The molecule has 0 radical (unpaired) electrons. The summed E-state index contributed by atoms with van der Waals surface area (Å²) in [6.45, 7) is 7.74. The van der Waals surface area contributed by atoms with E-state index < -0.39 is 10.0 Å². The third kappa shape index (κ3) is 5.53. The normalized spacial score (nSPS) is 15.4. The van der Waals surface area contributed by atoms with E-state index in [0.29, 0.717) is 24.5 Å². The molecule has 146 valence electrons. The van der Waals surface area contributed by atoms with Crippen molar-refractivity contribution in [1.29, 1.82) is 0 Å². The SMILES string of the molecule is CCCCN(CCC(=O)N1CCNCC1)S(=O)(=O)c1ccc(CC)cc1. The van der Waals surface area contributed by atoms with Crippen LogP contribution in [0, 0.1) is 0 Å². The van der Waals surface area contributed by atoms with Crippen LogP contribution in [0.1, 0.15) is 38.7 Å². The van der Waals surface area contributed by atoms with Crippen LogP contribution in [0.5, 0.6) is 0 Å². The number of benzene rings is 1. The van der Waals surface area contributed by atoms with Gasteiger partial charge >= 0.3 is 0 Å². The fraction of sp³-hybridized carbons (Fsp3) is 0.632. The molecule has 0 saturated carbocycles. The third-order valence-corrected chi connectivity index (χ3v) is 6.69. The standard InChI is InChI=1S/C19H31N3O3S/c1-3-5-13-22(14-10-19(23)21-15-11-20-12-16-21)26(24,25)18-8-6-17(4-2)7-9-18/h6-9,20H,3-5,10-16H2,1-2H3. The van der Waals surface area contributed by atoms with Gasteiger partial charge in [0.2, 0.25) is 15.9 Å². The number of carbonyl (C=O) groups excluding carboxylic acids is 1. The number of nitrogens with zero attached hydrogens (tertiary/aromatic N) is 2. The monoisotopic (exact) mass is 381 g/mol. The maximum absolute atomic E-state index is 13.0. The van der Waals surface area contributed by atoms with Crippen molar-refractivity contribution in [3.8, 4) is 0 Å². The number of hydrogen-bond donors (Lipinski definition) is 1. The number of hydrogen-bond acceptors (Lipinski definition) is 4. The lowest BCUT2D eigenvalue weighted by Gasteiger charge is -2.29. The predicted octanol–water partition coefficient (Wildman–Crippen LogP) is 1.86. The maximum atomic E-state index is 13.0. The van der Waals surface area contributed by atoms with E-state index in [-0.39, 0.29) is 18.9 Å². The van der Waals surface area contributed by atoms with Gasteiger partial charge in [0.25, 0.3) is 0 Å². The van der Waals surface area contributed by atoms with Gasteiger partial charge in [-0.25, -0.2) is 8.42 Å². The van der Waals surface area contributed by atoms with Crippen LogP contribution in [-0.4, -0.2) is 62.8 Å². The van der Waals surface area contributed by atoms with Gasteiger partial charge in [-0.2, -0.15) is 4.31 Å².